The zero-order valence-corrected chi connectivity index (χ0v) is 9.71. The van der Waals surface area contributed by atoms with E-state index in [2.05, 4.69) is 6.92 Å². The van der Waals surface area contributed by atoms with E-state index in [1.807, 2.05) is 12.1 Å². The van der Waals surface area contributed by atoms with E-state index in [-0.39, 0.29) is 0 Å². The lowest BCUT2D eigenvalue weighted by Crippen LogP contribution is -2.39. The minimum absolute atomic E-state index is 0.581. The minimum atomic E-state index is -0.669. The summed E-state index contributed by atoms with van der Waals surface area (Å²) in [4.78, 5) is 0. The zero-order valence-electron chi connectivity index (χ0n) is 8.96. The molecule has 1 N–H and O–H groups in total. The second kappa shape index (κ2) is 3.69. The van der Waals surface area contributed by atoms with Crippen LogP contribution in [0.1, 0.15) is 25.3 Å². The van der Waals surface area contributed by atoms with Crippen molar-refractivity contribution in [3.8, 4) is 5.75 Å². The van der Waals surface area contributed by atoms with Gasteiger partial charge in [0.2, 0.25) is 0 Å². The van der Waals surface area contributed by atoms with Crippen LogP contribution in [0.4, 0.5) is 0 Å². The third-order valence-electron chi connectivity index (χ3n) is 3.06. The standard InChI is InChI=1S/C12H15ClO2/c1-8-6-12(14,7-8)9-3-4-10(13)11(5-9)15-2/h3-5,8,14H,6-7H2,1-2H3. The number of rotatable bonds is 2. The summed E-state index contributed by atoms with van der Waals surface area (Å²) in [6, 6.07) is 5.47. The Balaban J connectivity index is 2.30. The average molecular weight is 227 g/mol. The normalized spacial score (nSPS) is 29.7. The van der Waals surface area contributed by atoms with E-state index in [1.54, 1.807) is 13.2 Å². The molecule has 1 fully saturated rings. The first-order valence-corrected chi connectivity index (χ1v) is 5.49. The van der Waals surface area contributed by atoms with Crippen LogP contribution in [0.2, 0.25) is 5.02 Å². The highest BCUT2D eigenvalue weighted by molar-refractivity contribution is 6.32. The van der Waals surface area contributed by atoms with Crippen LogP contribution in [0.5, 0.6) is 5.75 Å². The van der Waals surface area contributed by atoms with Gasteiger partial charge in [-0.05, 0) is 36.5 Å². The Labute approximate surface area is 94.8 Å². The van der Waals surface area contributed by atoms with Crippen LogP contribution in [-0.2, 0) is 5.60 Å². The van der Waals surface area contributed by atoms with Gasteiger partial charge in [-0.25, -0.2) is 0 Å². The minimum Gasteiger partial charge on any atom is -0.495 e. The highest BCUT2D eigenvalue weighted by Gasteiger charge is 2.41. The summed E-state index contributed by atoms with van der Waals surface area (Å²) in [5, 5.41) is 10.8. The Morgan fingerprint density at radius 1 is 1.47 bits per heavy atom. The molecule has 0 bridgehead atoms. The van der Waals surface area contributed by atoms with E-state index < -0.39 is 5.60 Å². The van der Waals surface area contributed by atoms with E-state index in [0.29, 0.717) is 16.7 Å². The molecule has 0 unspecified atom stereocenters. The van der Waals surface area contributed by atoms with E-state index in [9.17, 15) is 5.11 Å². The van der Waals surface area contributed by atoms with Crippen LogP contribution in [0, 0.1) is 5.92 Å². The topological polar surface area (TPSA) is 29.5 Å². The van der Waals surface area contributed by atoms with Crippen LogP contribution < -0.4 is 4.74 Å². The number of ether oxygens (including phenoxy) is 1. The van der Waals surface area contributed by atoms with E-state index in [1.165, 1.54) is 0 Å². The van der Waals surface area contributed by atoms with Crippen LogP contribution >= 0.6 is 11.6 Å². The van der Waals surface area contributed by atoms with Crippen LogP contribution in [0.3, 0.4) is 0 Å². The van der Waals surface area contributed by atoms with Gasteiger partial charge in [0.1, 0.15) is 5.75 Å². The monoisotopic (exact) mass is 226 g/mol. The smallest absolute Gasteiger partial charge is 0.137 e. The Morgan fingerprint density at radius 3 is 2.67 bits per heavy atom. The number of hydrogen-bond acceptors (Lipinski definition) is 2. The van der Waals surface area contributed by atoms with Crippen LogP contribution in [0.25, 0.3) is 0 Å². The highest BCUT2D eigenvalue weighted by atomic mass is 35.5. The van der Waals surface area contributed by atoms with Gasteiger partial charge >= 0.3 is 0 Å². The molecule has 1 aromatic carbocycles. The lowest BCUT2D eigenvalue weighted by molar-refractivity contribution is -0.0739. The summed E-state index contributed by atoms with van der Waals surface area (Å²) >= 11 is 5.93. The summed E-state index contributed by atoms with van der Waals surface area (Å²) in [6.45, 7) is 2.14. The number of aliphatic hydroxyl groups is 1. The summed E-state index contributed by atoms with van der Waals surface area (Å²) in [7, 11) is 1.58. The number of hydrogen-bond donors (Lipinski definition) is 1. The molecule has 2 nitrogen and oxygen atoms in total. The zero-order chi connectivity index (χ0) is 11.1. The third-order valence-corrected chi connectivity index (χ3v) is 3.37. The SMILES string of the molecule is COc1cc(C2(O)CC(C)C2)ccc1Cl. The number of halogens is 1. The van der Waals surface area contributed by atoms with Crippen molar-refractivity contribution in [1.82, 2.24) is 0 Å². The quantitative estimate of drug-likeness (QED) is 0.840. The molecule has 0 radical (unpaired) electrons. The first-order valence-electron chi connectivity index (χ1n) is 5.11. The predicted molar refractivity (Wildman–Crippen MR) is 60.3 cm³/mol. The van der Waals surface area contributed by atoms with Gasteiger partial charge in [0.25, 0.3) is 0 Å². The lowest BCUT2D eigenvalue weighted by Gasteiger charge is -2.42. The van der Waals surface area contributed by atoms with E-state index in [4.69, 9.17) is 16.3 Å². The molecule has 0 amide bonds. The fourth-order valence-corrected chi connectivity index (χ4v) is 2.47. The first-order chi connectivity index (χ1) is 7.05. The molecule has 1 aromatic rings. The van der Waals surface area contributed by atoms with Gasteiger partial charge in [-0.2, -0.15) is 0 Å². The second-order valence-corrected chi connectivity index (χ2v) is 4.80. The summed E-state index contributed by atoms with van der Waals surface area (Å²) in [5.41, 5.74) is 0.235. The highest BCUT2D eigenvalue weighted by Crippen LogP contribution is 2.46. The van der Waals surface area contributed by atoms with Crippen molar-refractivity contribution < 1.29 is 9.84 Å². The van der Waals surface area contributed by atoms with Gasteiger partial charge in [0, 0.05) is 0 Å². The molecule has 82 valence electrons. The maximum Gasteiger partial charge on any atom is 0.137 e. The molecule has 0 heterocycles. The molecule has 1 aliphatic rings. The summed E-state index contributed by atoms with van der Waals surface area (Å²) < 4.78 is 5.13. The molecular weight excluding hydrogens is 212 g/mol. The molecule has 0 aliphatic heterocycles. The Hall–Kier alpha value is -0.730. The van der Waals surface area contributed by atoms with Crippen molar-refractivity contribution in [1.29, 1.82) is 0 Å². The first kappa shape index (κ1) is 10.8. The fraction of sp³-hybridized carbons (Fsp3) is 0.500. The van der Waals surface area contributed by atoms with Gasteiger partial charge in [0.15, 0.2) is 0 Å². The van der Waals surface area contributed by atoms with Crippen molar-refractivity contribution in [3.05, 3.63) is 28.8 Å². The Kier molecular flexibility index (Phi) is 2.65. The van der Waals surface area contributed by atoms with Gasteiger partial charge in [-0.1, -0.05) is 24.6 Å². The Bertz CT molecular complexity index is 370. The fourth-order valence-electron chi connectivity index (χ4n) is 2.28. The number of methoxy groups -OCH3 is 1. The van der Waals surface area contributed by atoms with Crippen molar-refractivity contribution in [2.45, 2.75) is 25.4 Å². The Morgan fingerprint density at radius 2 is 2.13 bits per heavy atom. The van der Waals surface area contributed by atoms with Gasteiger partial charge < -0.3 is 9.84 Å². The van der Waals surface area contributed by atoms with E-state index in [0.717, 1.165) is 18.4 Å². The second-order valence-electron chi connectivity index (χ2n) is 4.39. The molecule has 0 spiro atoms. The van der Waals surface area contributed by atoms with Gasteiger partial charge in [0.05, 0.1) is 17.7 Å². The van der Waals surface area contributed by atoms with E-state index >= 15 is 0 Å². The summed E-state index contributed by atoms with van der Waals surface area (Å²) in [6.07, 6.45) is 1.63. The molecular formula is C12H15ClO2. The van der Waals surface area contributed by atoms with Crippen molar-refractivity contribution >= 4 is 11.6 Å². The van der Waals surface area contributed by atoms with Crippen LogP contribution in [0.15, 0.2) is 18.2 Å². The largest absolute Gasteiger partial charge is 0.495 e. The lowest BCUT2D eigenvalue weighted by atomic mass is 9.68. The molecule has 0 saturated heterocycles. The molecule has 2 rings (SSSR count). The van der Waals surface area contributed by atoms with Crippen molar-refractivity contribution in [2.24, 2.45) is 5.92 Å². The van der Waals surface area contributed by atoms with Gasteiger partial charge in [-0.3, -0.25) is 0 Å². The molecule has 1 saturated carbocycles. The average Bonchev–Trinajstić information content (AvgIpc) is 2.16. The third kappa shape index (κ3) is 1.84. The maximum absolute atomic E-state index is 10.3. The van der Waals surface area contributed by atoms with Crippen molar-refractivity contribution in [3.63, 3.8) is 0 Å². The number of benzene rings is 1. The van der Waals surface area contributed by atoms with Crippen LogP contribution in [-0.4, -0.2) is 12.2 Å². The summed E-state index contributed by atoms with van der Waals surface area (Å²) in [5.74, 6) is 1.22. The molecule has 3 heteroatoms. The van der Waals surface area contributed by atoms with Crippen molar-refractivity contribution in [2.75, 3.05) is 7.11 Å². The maximum atomic E-state index is 10.3. The molecule has 0 aromatic heterocycles. The molecule has 0 atom stereocenters. The van der Waals surface area contributed by atoms with Gasteiger partial charge in [-0.15, -0.1) is 0 Å². The molecule has 15 heavy (non-hydrogen) atoms. The molecule has 1 aliphatic carbocycles. The predicted octanol–water partition coefficient (Wildman–Crippen LogP) is 2.97.